The molecule has 36 heavy (non-hydrogen) atoms. The summed E-state index contributed by atoms with van der Waals surface area (Å²) in [5.74, 6) is -0.611. The Morgan fingerprint density at radius 2 is 1.83 bits per heavy atom. The first kappa shape index (κ1) is 26.3. The lowest BCUT2D eigenvalue weighted by molar-refractivity contribution is -0.112. The minimum Gasteiger partial charge on any atom is -0.508 e. The molecule has 0 saturated carbocycles. The molecule has 0 bridgehead atoms. The van der Waals surface area contributed by atoms with Gasteiger partial charge in [0.1, 0.15) is 11.9 Å². The van der Waals surface area contributed by atoms with E-state index in [0.29, 0.717) is 27.1 Å². The van der Waals surface area contributed by atoms with Gasteiger partial charge in [-0.05, 0) is 60.7 Å². The third-order valence-corrected chi connectivity index (χ3v) is 5.51. The standard InChI is InChI=1S/C26H23BrN4O5/c1-35-23(12-13-24(33)31-21-5-3-2-4-20(21)29)25(19-14-17(27)8-11-22(19)32)36-26(34)30-18-9-6-16(15-28)7-10-18/h2-14,23,25,32H,29H2,1H3,(H,30,34)(H,31,33)/b13-12+/t23-,25-/m1/s1. The van der Waals surface area contributed by atoms with Gasteiger partial charge in [-0.2, -0.15) is 5.26 Å². The van der Waals surface area contributed by atoms with Crippen molar-refractivity contribution >= 4 is 45.0 Å². The van der Waals surface area contributed by atoms with Crippen LogP contribution < -0.4 is 16.4 Å². The normalized spacial score (nSPS) is 12.4. The predicted octanol–water partition coefficient (Wildman–Crippen LogP) is 5.11. The summed E-state index contributed by atoms with van der Waals surface area (Å²) < 4.78 is 11.8. The second kappa shape index (κ2) is 12.4. The minimum atomic E-state index is -1.13. The van der Waals surface area contributed by atoms with Crippen molar-refractivity contribution in [2.24, 2.45) is 0 Å². The molecular weight excluding hydrogens is 528 g/mol. The number of halogens is 1. The van der Waals surface area contributed by atoms with E-state index >= 15 is 0 Å². The number of phenols is 1. The highest BCUT2D eigenvalue weighted by Crippen LogP contribution is 2.34. The van der Waals surface area contributed by atoms with Crippen molar-refractivity contribution in [2.75, 3.05) is 23.5 Å². The van der Waals surface area contributed by atoms with Gasteiger partial charge in [0.25, 0.3) is 0 Å². The van der Waals surface area contributed by atoms with Crippen LogP contribution in [-0.4, -0.2) is 30.3 Å². The van der Waals surface area contributed by atoms with Gasteiger partial charge in [-0.1, -0.05) is 28.1 Å². The second-order valence-electron chi connectivity index (χ2n) is 7.48. The van der Waals surface area contributed by atoms with Crippen molar-refractivity contribution in [1.82, 2.24) is 0 Å². The van der Waals surface area contributed by atoms with E-state index in [1.807, 2.05) is 6.07 Å². The Kier molecular flexibility index (Phi) is 9.05. The van der Waals surface area contributed by atoms with Crippen molar-refractivity contribution in [2.45, 2.75) is 12.2 Å². The van der Waals surface area contributed by atoms with E-state index in [1.165, 1.54) is 25.3 Å². The number of anilines is 3. The summed E-state index contributed by atoms with van der Waals surface area (Å²) in [5, 5.41) is 24.6. The number of hydrogen-bond acceptors (Lipinski definition) is 7. The van der Waals surface area contributed by atoms with E-state index < -0.39 is 24.2 Å². The van der Waals surface area contributed by atoms with Crippen molar-refractivity contribution in [1.29, 1.82) is 5.26 Å². The summed E-state index contributed by atoms with van der Waals surface area (Å²) in [7, 11) is 1.38. The van der Waals surface area contributed by atoms with Crippen LogP contribution in [0, 0.1) is 11.3 Å². The molecule has 184 valence electrons. The zero-order valence-corrected chi connectivity index (χ0v) is 20.7. The zero-order chi connectivity index (χ0) is 26.1. The maximum absolute atomic E-state index is 12.7. The van der Waals surface area contributed by atoms with Crippen LogP contribution in [0.25, 0.3) is 0 Å². The summed E-state index contributed by atoms with van der Waals surface area (Å²) in [6.45, 7) is 0. The molecule has 0 aliphatic carbocycles. The molecule has 2 atom stereocenters. The molecule has 9 nitrogen and oxygen atoms in total. The third kappa shape index (κ3) is 7.09. The average molecular weight is 551 g/mol. The molecule has 0 spiro atoms. The molecule has 0 aromatic heterocycles. The van der Waals surface area contributed by atoms with E-state index in [2.05, 4.69) is 26.6 Å². The summed E-state index contributed by atoms with van der Waals surface area (Å²) in [5.41, 5.74) is 7.81. The molecule has 0 saturated heterocycles. The number of rotatable bonds is 8. The summed E-state index contributed by atoms with van der Waals surface area (Å²) >= 11 is 3.35. The Bertz CT molecular complexity index is 1300. The van der Waals surface area contributed by atoms with E-state index in [-0.39, 0.29) is 11.3 Å². The summed E-state index contributed by atoms with van der Waals surface area (Å²) in [6, 6.07) is 19.7. The van der Waals surface area contributed by atoms with Crippen LogP contribution in [0.5, 0.6) is 5.75 Å². The molecule has 0 aliphatic heterocycles. The van der Waals surface area contributed by atoms with Gasteiger partial charge < -0.3 is 25.6 Å². The largest absolute Gasteiger partial charge is 0.508 e. The molecule has 5 N–H and O–H groups in total. The number of ether oxygens (including phenoxy) is 2. The van der Waals surface area contributed by atoms with Crippen LogP contribution in [0.4, 0.5) is 21.9 Å². The number of hydrogen-bond donors (Lipinski definition) is 4. The number of phenolic OH excluding ortho intramolecular Hbond substituents is 1. The van der Waals surface area contributed by atoms with Gasteiger partial charge in [0.05, 0.1) is 23.0 Å². The lowest BCUT2D eigenvalue weighted by Crippen LogP contribution is -2.27. The molecule has 3 aromatic carbocycles. The van der Waals surface area contributed by atoms with Crippen LogP contribution in [0.1, 0.15) is 17.2 Å². The van der Waals surface area contributed by atoms with Crippen LogP contribution in [0.15, 0.2) is 83.4 Å². The van der Waals surface area contributed by atoms with Gasteiger partial charge in [-0.25, -0.2) is 4.79 Å². The maximum Gasteiger partial charge on any atom is 0.412 e. The Labute approximate surface area is 216 Å². The smallest absolute Gasteiger partial charge is 0.412 e. The monoisotopic (exact) mass is 550 g/mol. The molecule has 0 unspecified atom stereocenters. The van der Waals surface area contributed by atoms with E-state index in [1.54, 1.807) is 60.7 Å². The number of nitriles is 1. The molecular formula is C26H23BrN4O5. The molecule has 3 aromatic rings. The highest BCUT2D eigenvalue weighted by atomic mass is 79.9. The van der Waals surface area contributed by atoms with Gasteiger partial charge in [0, 0.05) is 28.9 Å². The average Bonchev–Trinajstić information content (AvgIpc) is 2.87. The fourth-order valence-corrected chi connectivity index (χ4v) is 3.60. The number of methoxy groups -OCH3 is 1. The Balaban J connectivity index is 1.83. The van der Waals surface area contributed by atoms with E-state index in [9.17, 15) is 14.7 Å². The predicted molar refractivity (Wildman–Crippen MR) is 139 cm³/mol. The topological polar surface area (TPSA) is 147 Å². The lowest BCUT2D eigenvalue weighted by atomic mass is 10.0. The fourth-order valence-electron chi connectivity index (χ4n) is 3.22. The van der Waals surface area contributed by atoms with Gasteiger partial charge in [0.15, 0.2) is 6.10 Å². The number of para-hydroxylation sites is 2. The number of nitrogens with zero attached hydrogens (tertiary/aromatic N) is 1. The Morgan fingerprint density at radius 1 is 1.11 bits per heavy atom. The van der Waals surface area contributed by atoms with Crippen molar-refractivity contribution in [3.05, 3.63) is 94.5 Å². The number of nitrogens with two attached hydrogens (primary N) is 1. The van der Waals surface area contributed by atoms with Gasteiger partial charge in [-0.3, -0.25) is 10.1 Å². The van der Waals surface area contributed by atoms with Crippen LogP contribution in [-0.2, 0) is 14.3 Å². The second-order valence-corrected chi connectivity index (χ2v) is 8.39. The molecule has 10 heteroatoms. The van der Waals surface area contributed by atoms with Crippen molar-refractivity contribution in [3.63, 3.8) is 0 Å². The SMILES string of the molecule is CO[C@H](/C=C/C(=O)Nc1ccccc1N)[C@H](OC(=O)Nc1ccc(C#N)cc1)c1cc(Br)ccc1O. The highest BCUT2D eigenvalue weighted by molar-refractivity contribution is 9.10. The first-order valence-corrected chi connectivity index (χ1v) is 11.4. The number of carbonyl (C=O) groups excluding carboxylic acids is 2. The lowest BCUT2D eigenvalue weighted by Gasteiger charge is -2.25. The molecule has 0 fully saturated rings. The van der Waals surface area contributed by atoms with Gasteiger partial charge in [-0.15, -0.1) is 0 Å². The molecule has 3 rings (SSSR count). The number of amides is 2. The summed E-state index contributed by atoms with van der Waals surface area (Å²) in [4.78, 5) is 25.2. The number of benzene rings is 3. The first-order valence-electron chi connectivity index (χ1n) is 10.6. The number of nitrogens with one attached hydrogen (secondary N) is 2. The number of carbonyl (C=O) groups is 2. The number of nitrogen functional groups attached to an aromatic ring is 1. The maximum atomic E-state index is 12.7. The fraction of sp³-hybridized carbons (Fsp3) is 0.115. The first-order chi connectivity index (χ1) is 17.3. The third-order valence-electron chi connectivity index (χ3n) is 5.02. The molecule has 0 radical (unpaired) electrons. The van der Waals surface area contributed by atoms with E-state index in [4.69, 9.17) is 20.5 Å². The Morgan fingerprint density at radius 3 is 2.50 bits per heavy atom. The highest BCUT2D eigenvalue weighted by Gasteiger charge is 2.28. The molecule has 2 amide bonds. The Hall–Kier alpha value is -4.33. The van der Waals surface area contributed by atoms with E-state index in [0.717, 1.165) is 0 Å². The quantitative estimate of drug-likeness (QED) is 0.225. The van der Waals surface area contributed by atoms with Crippen molar-refractivity contribution in [3.8, 4) is 11.8 Å². The summed E-state index contributed by atoms with van der Waals surface area (Å²) in [6.07, 6.45) is -0.271. The van der Waals surface area contributed by atoms with Crippen LogP contribution >= 0.6 is 15.9 Å². The number of aromatic hydroxyl groups is 1. The molecule has 0 heterocycles. The zero-order valence-electron chi connectivity index (χ0n) is 19.1. The van der Waals surface area contributed by atoms with Crippen molar-refractivity contribution < 1.29 is 24.2 Å². The van der Waals surface area contributed by atoms with Gasteiger partial charge >= 0.3 is 6.09 Å². The molecule has 0 aliphatic rings. The van der Waals surface area contributed by atoms with Gasteiger partial charge in [0.2, 0.25) is 5.91 Å². The van der Waals surface area contributed by atoms with Crippen LogP contribution in [0.2, 0.25) is 0 Å². The van der Waals surface area contributed by atoms with Crippen LogP contribution in [0.3, 0.4) is 0 Å². The minimum absolute atomic E-state index is 0.133.